The van der Waals surface area contributed by atoms with Crippen molar-refractivity contribution < 1.29 is 29.4 Å². The Kier molecular flexibility index (Phi) is 13.1. The maximum absolute atomic E-state index is 13.5. The second kappa shape index (κ2) is 16.5. The first-order valence-electron chi connectivity index (χ1n) is 12.7. The molecule has 11 N–H and O–H groups in total. The molecule has 0 aliphatic heterocycles. The predicted molar refractivity (Wildman–Crippen MR) is 149 cm³/mol. The van der Waals surface area contributed by atoms with Gasteiger partial charge in [-0.25, -0.2) is 4.79 Å². The Bertz CT molecular complexity index is 1140. The van der Waals surface area contributed by atoms with Crippen molar-refractivity contribution >= 4 is 29.7 Å². The van der Waals surface area contributed by atoms with E-state index in [0.717, 1.165) is 5.56 Å². The second-order valence-corrected chi connectivity index (χ2v) is 9.14. The zero-order valence-electron chi connectivity index (χ0n) is 22.0. The molecule has 13 nitrogen and oxygen atoms in total. The Hall–Kier alpha value is -4.49. The highest BCUT2D eigenvalue weighted by molar-refractivity contribution is 5.94. The quantitative estimate of drug-likeness (QED) is 0.0674. The van der Waals surface area contributed by atoms with Gasteiger partial charge in [-0.15, -0.1) is 0 Å². The molecule has 0 radical (unpaired) electrons. The Morgan fingerprint density at radius 1 is 0.750 bits per heavy atom. The van der Waals surface area contributed by atoms with Gasteiger partial charge in [0.1, 0.15) is 18.1 Å². The van der Waals surface area contributed by atoms with Crippen LogP contribution in [0.25, 0.3) is 0 Å². The van der Waals surface area contributed by atoms with Crippen LogP contribution in [0.5, 0.6) is 0 Å². The molecule has 0 aromatic heterocycles. The van der Waals surface area contributed by atoms with Crippen molar-refractivity contribution in [2.75, 3.05) is 13.2 Å². The average Bonchev–Trinajstić information content (AvgIpc) is 2.93. The number of guanidine groups is 1. The number of carbonyl (C=O) groups is 4. The van der Waals surface area contributed by atoms with Crippen LogP contribution in [0.4, 0.5) is 0 Å². The molecule has 0 aliphatic carbocycles. The number of carboxylic acid groups (broad SMARTS) is 1. The number of hydrogen-bond donors (Lipinski definition) is 8. The molecule has 3 amide bonds. The van der Waals surface area contributed by atoms with Crippen LogP contribution >= 0.6 is 0 Å². The average molecular weight is 556 g/mol. The largest absolute Gasteiger partial charge is 0.480 e. The summed E-state index contributed by atoms with van der Waals surface area (Å²) in [5, 5.41) is 26.1. The van der Waals surface area contributed by atoms with Crippen LogP contribution in [0.1, 0.15) is 24.0 Å². The highest BCUT2D eigenvalue weighted by atomic mass is 16.4. The van der Waals surface area contributed by atoms with Crippen LogP contribution in [0.3, 0.4) is 0 Å². The maximum Gasteiger partial charge on any atom is 0.328 e. The Morgan fingerprint density at radius 3 is 1.62 bits per heavy atom. The molecular formula is C27H37N7O6. The third-order valence-corrected chi connectivity index (χ3v) is 5.93. The molecule has 0 aliphatic rings. The third kappa shape index (κ3) is 11.1. The molecule has 216 valence electrons. The molecule has 0 fully saturated rings. The zero-order chi connectivity index (χ0) is 29.5. The summed E-state index contributed by atoms with van der Waals surface area (Å²) < 4.78 is 0. The highest BCUT2D eigenvalue weighted by Crippen LogP contribution is 2.08. The number of benzene rings is 2. The van der Waals surface area contributed by atoms with Gasteiger partial charge in [-0.05, 0) is 24.0 Å². The Morgan fingerprint density at radius 2 is 1.20 bits per heavy atom. The van der Waals surface area contributed by atoms with E-state index in [4.69, 9.17) is 17.2 Å². The van der Waals surface area contributed by atoms with Crippen molar-refractivity contribution in [2.45, 2.75) is 49.9 Å². The van der Waals surface area contributed by atoms with E-state index in [0.29, 0.717) is 18.5 Å². The number of aliphatic hydroxyl groups excluding tert-OH is 1. The number of aliphatic imine (C=N–C) groups is 1. The third-order valence-electron chi connectivity index (χ3n) is 5.93. The first-order valence-corrected chi connectivity index (χ1v) is 12.7. The molecule has 2 aromatic carbocycles. The van der Waals surface area contributed by atoms with E-state index in [-0.39, 0.29) is 25.2 Å². The molecule has 0 bridgehead atoms. The monoisotopic (exact) mass is 555 g/mol. The number of hydrogen-bond acceptors (Lipinski definition) is 7. The van der Waals surface area contributed by atoms with E-state index in [1.165, 1.54) is 0 Å². The number of carbonyl (C=O) groups excluding carboxylic acids is 3. The van der Waals surface area contributed by atoms with Gasteiger partial charge in [0.25, 0.3) is 0 Å². The lowest BCUT2D eigenvalue weighted by Crippen LogP contribution is -2.58. The molecule has 0 heterocycles. The van der Waals surface area contributed by atoms with Crippen molar-refractivity contribution in [1.29, 1.82) is 0 Å². The molecule has 2 rings (SSSR count). The first kappa shape index (κ1) is 31.7. The summed E-state index contributed by atoms with van der Waals surface area (Å²) in [6.45, 7) is -0.542. The van der Waals surface area contributed by atoms with Gasteiger partial charge in [0.05, 0.1) is 12.6 Å². The van der Waals surface area contributed by atoms with Crippen molar-refractivity contribution in [2.24, 2.45) is 22.2 Å². The molecule has 2 aromatic rings. The molecule has 4 unspecified atom stereocenters. The molecule has 0 saturated heterocycles. The standard InChI is InChI=1S/C27H37N7O6/c28-19(12-7-13-31-27(29)30)23(36)32-20(14-17-8-3-1-4-9-17)24(37)33-21(15-18-10-5-2-6-11-18)25(38)34-22(16-35)26(39)40/h1-6,8-11,19-22,35H,7,12-16,28H2,(H,32,36)(H,33,37)(H,34,38)(H,39,40)(H4,29,30,31). The zero-order valence-corrected chi connectivity index (χ0v) is 22.0. The summed E-state index contributed by atoms with van der Waals surface area (Å²) in [5.74, 6) is -3.54. The number of rotatable bonds is 16. The van der Waals surface area contributed by atoms with E-state index >= 15 is 0 Å². The number of nitrogens with one attached hydrogen (secondary N) is 3. The molecular weight excluding hydrogens is 518 g/mol. The van der Waals surface area contributed by atoms with E-state index in [1.54, 1.807) is 54.6 Å². The van der Waals surface area contributed by atoms with Crippen LogP contribution in [0, 0.1) is 0 Å². The van der Waals surface area contributed by atoms with Gasteiger partial charge in [0.2, 0.25) is 17.7 Å². The topological polar surface area (TPSA) is 235 Å². The van der Waals surface area contributed by atoms with Crippen molar-refractivity contribution in [3.63, 3.8) is 0 Å². The maximum atomic E-state index is 13.5. The van der Waals surface area contributed by atoms with Crippen LogP contribution in [0.15, 0.2) is 65.7 Å². The minimum absolute atomic E-state index is 0.0342. The number of nitrogens with two attached hydrogens (primary N) is 3. The number of amides is 3. The number of aliphatic hydroxyl groups is 1. The summed E-state index contributed by atoms with van der Waals surface area (Å²) >= 11 is 0. The second-order valence-electron chi connectivity index (χ2n) is 9.14. The van der Waals surface area contributed by atoms with Gasteiger partial charge in [0, 0.05) is 19.4 Å². The van der Waals surface area contributed by atoms with Gasteiger partial charge in [-0.3, -0.25) is 19.4 Å². The summed E-state index contributed by atoms with van der Waals surface area (Å²) in [6.07, 6.45) is 0.843. The van der Waals surface area contributed by atoms with Gasteiger partial charge in [0.15, 0.2) is 5.96 Å². The van der Waals surface area contributed by atoms with Gasteiger partial charge in [-0.1, -0.05) is 60.7 Å². The minimum Gasteiger partial charge on any atom is -0.480 e. The lowest BCUT2D eigenvalue weighted by molar-refractivity contribution is -0.143. The number of aliphatic carboxylic acids is 1. The Balaban J connectivity index is 2.22. The lowest BCUT2D eigenvalue weighted by Gasteiger charge is -2.25. The summed E-state index contributed by atoms with van der Waals surface area (Å²) in [5.41, 5.74) is 18.1. The molecule has 13 heteroatoms. The normalized spacial score (nSPS) is 13.7. The lowest BCUT2D eigenvalue weighted by atomic mass is 10.0. The van der Waals surface area contributed by atoms with E-state index < -0.39 is 54.5 Å². The van der Waals surface area contributed by atoms with E-state index in [2.05, 4.69) is 20.9 Å². The summed E-state index contributed by atoms with van der Waals surface area (Å²) in [4.78, 5) is 54.6. The van der Waals surface area contributed by atoms with Crippen molar-refractivity contribution in [3.8, 4) is 0 Å². The fourth-order valence-electron chi connectivity index (χ4n) is 3.78. The van der Waals surface area contributed by atoms with Crippen LogP contribution in [0.2, 0.25) is 0 Å². The van der Waals surface area contributed by atoms with Crippen LogP contribution in [-0.2, 0) is 32.0 Å². The van der Waals surface area contributed by atoms with Gasteiger partial charge in [-0.2, -0.15) is 0 Å². The molecule has 0 saturated carbocycles. The fourth-order valence-corrected chi connectivity index (χ4v) is 3.78. The predicted octanol–water partition coefficient (Wildman–Crippen LogP) is -1.62. The van der Waals surface area contributed by atoms with E-state index in [1.807, 2.05) is 6.07 Å². The molecule has 40 heavy (non-hydrogen) atoms. The fraction of sp³-hybridized carbons (Fsp3) is 0.370. The molecule has 0 spiro atoms. The molecule has 4 atom stereocenters. The Labute approximate surface area is 232 Å². The summed E-state index contributed by atoms with van der Waals surface area (Å²) in [7, 11) is 0. The van der Waals surface area contributed by atoms with Crippen molar-refractivity contribution in [3.05, 3.63) is 71.8 Å². The van der Waals surface area contributed by atoms with Gasteiger partial charge < -0.3 is 43.4 Å². The van der Waals surface area contributed by atoms with Crippen molar-refractivity contribution in [1.82, 2.24) is 16.0 Å². The smallest absolute Gasteiger partial charge is 0.328 e. The van der Waals surface area contributed by atoms with E-state index in [9.17, 15) is 29.4 Å². The van der Waals surface area contributed by atoms with Crippen LogP contribution < -0.4 is 33.2 Å². The number of carboxylic acids is 1. The number of nitrogens with zero attached hydrogens (tertiary/aromatic N) is 1. The summed E-state index contributed by atoms with van der Waals surface area (Å²) in [6, 6.07) is 13.0. The first-order chi connectivity index (χ1) is 19.1. The highest BCUT2D eigenvalue weighted by Gasteiger charge is 2.30. The minimum atomic E-state index is -1.56. The van der Waals surface area contributed by atoms with Crippen LogP contribution in [-0.4, -0.2) is 77.2 Å². The van der Waals surface area contributed by atoms with Gasteiger partial charge >= 0.3 is 5.97 Å². The SMILES string of the molecule is NC(N)=NCCCC(N)C(=O)NC(Cc1ccccc1)C(=O)NC(Cc1ccccc1)C(=O)NC(CO)C(=O)O.